The molecule has 6 nitrogen and oxygen atoms in total. The van der Waals surface area contributed by atoms with Crippen LogP contribution in [0.1, 0.15) is 23.3 Å². The maximum absolute atomic E-state index is 6.60. The number of hydrogen-bond donors (Lipinski definition) is 2. The number of nitrogens with one attached hydrogen (secondary N) is 1. The first kappa shape index (κ1) is 20.3. The molecule has 4 aromatic rings. The van der Waals surface area contributed by atoms with Gasteiger partial charge in [-0.2, -0.15) is 0 Å². The zero-order chi connectivity index (χ0) is 21.7. The fraction of sp³-hybridized carbons (Fsp3) is 0.333. The highest BCUT2D eigenvalue weighted by atomic mass is 35.5. The number of hydrogen-bond acceptors (Lipinski definition) is 6. The van der Waals surface area contributed by atoms with E-state index in [1.807, 2.05) is 6.20 Å². The van der Waals surface area contributed by atoms with Gasteiger partial charge in [0.2, 0.25) is 0 Å². The standard InChI is InChI=1S/C24H24ClN5OS/c25-18-10-27-22-17(21(18)23-28-11-20(32-23)24(26)13-31-14-24)9-19(29-22)16-5-3-15(4-6-16)12-30-7-1-2-8-30/h3-6,9-11H,1-2,7-8,12-14,26H2,(H,27,29). The number of pyridine rings is 1. The minimum absolute atomic E-state index is 0.436. The number of nitrogens with two attached hydrogens (primary N) is 1. The maximum Gasteiger partial charge on any atom is 0.138 e. The molecule has 0 radical (unpaired) electrons. The van der Waals surface area contributed by atoms with Crippen molar-refractivity contribution in [2.24, 2.45) is 5.73 Å². The molecule has 2 aliphatic rings. The molecule has 6 rings (SSSR count). The summed E-state index contributed by atoms with van der Waals surface area (Å²) in [6, 6.07) is 10.9. The molecule has 0 amide bonds. The molecule has 2 saturated heterocycles. The zero-order valence-electron chi connectivity index (χ0n) is 17.6. The molecule has 0 spiro atoms. The van der Waals surface area contributed by atoms with Gasteiger partial charge in [-0.25, -0.2) is 9.97 Å². The van der Waals surface area contributed by atoms with Crippen LogP contribution in [0.25, 0.3) is 32.9 Å². The van der Waals surface area contributed by atoms with Gasteiger partial charge >= 0.3 is 0 Å². The molecule has 3 aromatic heterocycles. The lowest BCUT2D eigenvalue weighted by atomic mass is 9.98. The molecule has 0 bridgehead atoms. The molecule has 1 aromatic carbocycles. The summed E-state index contributed by atoms with van der Waals surface area (Å²) in [5.74, 6) is 0. The molecule has 32 heavy (non-hydrogen) atoms. The molecule has 164 valence electrons. The van der Waals surface area contributed by atoms with Gasteiger partial charge in [0.15, 0.2) is 0 Å². The highest BCUT2D eigenvalue weighted by Crippen LogP contribution is 2.41. The summed E-state index contributed by atoms with van der Waals surface area (Å²) in [7, 11) is 0. The number of aromatic amines is 1. The van der Waals surface area contributed by atoms with Gasteiger partial charge in [0.25, 0.3) is 0 Å². The summed E-state index contributed by atoms with van der Waals surface area (Å²) in [4.78, 5) is 16.1. The van der Waals surface area contributed by atoms with Gasteiger partial charge in [-0.1, -0.05) is 35.9 Å². The molecule has 3 N–H and O–H groups in total. The predicted octanol–water partition coefficient (Wildman–Crippen LogP) is 4.79. The number of benzene rings is 1. The zero-order valence-corrected chi connectivity index (χ0v) is 19.2. The summed E-state index contributed by atoms with van der Waals surface area (Å²) in [6.07, 6.45) is 6.15. The molecule has 2 aliphatic heterocycles. The second-order valence-corrected chi connectivity index (χ2v) is 10.2. The van der Waals surface area contributed by atoms with Crippen molar-refractivity contribution in [2.45, 2.75) is 24.9 Å². The van der Waals surface area contributed by atoms with Crippen molar-refractivity contribution in [1.29, 1.82) is 0 Å². The Morgan fingerprint density at radius 1 is 1.12 bits per heavy atom. The van der Waals surface area contributed by atoms with Gasteiger partial charge in [0.05, 0.1) is 23.8 Å². The van der Waals surface area contributed by atoms with Crippen molar-refractivity contribution in [2.75, 3.05) is 26.3 Å². The Kier molecular flexibility index (Phi) is 5.04. The lowest BCUT2D eigenvalue weighted by molar-refractivity contribution is -0.0551. The second kappa shape index (κ2) is 7.93. The van der Waals surface area contributed by atoms with E-state index in [4.69, 9.17) is 22.1 Å². The third kappa shape index (κ3) is 3.54. The summed E-state index contributed by atoms with van der Waals surface area (Å²) < 4.78 is 5.31. The first-order chi connectivity index (χ1) is 15.6. The first-order valence-corrected chi connectivity index (χ1v) is 12.1. The van der Waals surface area contributed by atoms with E-state index in [0.717, 1.165) is 44.3 Å². The number of rotatable bonds is 5. The normalized spacial score (nSPS) is 18.3. The largest absolute Gasteiger partial charge is 0.377 e. The quantitative estimate of drug-likeness (QED) is 0.443. The Balaban J connectivity index is 1.33. The van der Waals surface area contributed by atoms with Crippen molar-refractivity contribution < 1.29 is 4.74 Å². The van der Waals surface area contributed by atoms with Crippen LogP contribution in [0.3, 0.4) is 0 Å². The van der Waals surface area contributed by atoms with Gasteiger partial charge in [-0.15, -0.1) is 11.3 Å². The van der Waals surface area contributed by atoms with Crippen molar-refractivity contribution in [3.63, 3.8) is 0 Å². The van der Waals surface area contributed by atoms with Crippen molar-refractivity contribution in [3.8, 4) is 21.8 Å². The second-order valence-electron chi connectivity index (χ2n) is 8.79. The summed E-state index contributed by atoms with van der Waals surface area (Å²) >= 11 is 8.17. The van der Waals surface area contributed by atoms with E-state index < -0.39 is 5.54 Å². The number of likely N-dealkylation sites (tertiary alicyclic amines) is 1. The summed E-state index contributed by atoms with van der Waals surface area (Å²) in [5.41, 5.74) is 11.1. The van der Waals surface area contributed by atoms with Crippen molar-refractivity contribution in [1.82, 2.24) is 19.9 Å². The van der Waals surface area contributed by atoms with Crippen LogP contribution < -0.4 is 5.73 Å². The Hall–Kier alpha value is -2.29. The smallest absolute Gasteiger partial charge is 0.138 e. The number of fused-ring (bicyclic) bond motifs is 1. The van der Waals surface area contributed by atoms with Crippen LogP contribution in [0.15, 0.2) is 42.7 Å². The molecular weight excluding hydrogens is 442 g/mol. The number of aromatic nitrogens is 3. The highest BCUT2D eigenvalue weighted by Gasteiger charge is 2.38. The van der Waals surface area contributed by atoms with Gasteiger partial charge in [0, 0.05) is 40.5 Å². The average molecular weight is 466 g/mol. The van der Waals surface area contributed by atoms with E-state index in [-0.39, 0.29) is 0 Å². The van der Waals surface area contributed by atoms with Gasteiger partial charge in [-0.3, -0.25) is 4.90 Å². The van der Waals surface area contributed by atoms with E-state index in [0.29, 0.717) is 18.2 Å². The average Bonchev–Trinajstić information content (AvgIpc) is 3.53. The van der Waals surface area contributed by atoms with Crippen LogP contribution in [0, 0.1) is 0 Å². The van der Waals surface area contributed by atoms with Gasteiger partial charge < -0.3 is 15.5 Å². The summed E-state index contributed by atoms with van der Waals surface area (Å²) in [6.45, 7) is 4.48. The van der Waals surface area contributed by atoms with E-state index in [9.17, 15) is 0 Å². The van der Waals surface area contributed by atoms with Crippen LogP contribution in [-0.2, 0) is 16.8 Å². The molecular formula is C24H24ClN5OS. The molecule has 5 heterocycles. The van der Waals surface area contributed by atoms with E-state index in [2.05, 4.69) is 50.2 Å². The highest BCUT2D eigenvalue weighted by molar-refractivity contribution is 7.15. The SMILES string of the molecule is NC1(c2cnc(-c3c(Cl)cnc4[nH]c(-c5ccc(CN6CCCC6)cc5)cc34)s2)COC1. The minimum Gasteiger partial charge on any atom is -0.377 e. The molecule has 8 heteroatoms. The van der Waals surface area contributed by atoms with Crippen molar-refractivity contribution in [3.05, 3.63) is 58.2 Å². The lowest BCUT2D eigenvalue weighted by Gasteiger charge is -2.36. The predicted molar refractivity (Wildman–Crippen MR) is 129 cm³/mol. The van der Waals surface area contributed by atoms with Crippen molar-refractivity contribution >= 4 is 34.0 Å². The van der Waals surface area contributed by atoms with Crippen LogP contribution >= 0.6 is 22.9 Å². The fourth-order valence-corrected chi connectivity index (χ4v) is 5.85. The summed E-state index contributed by atoms with van der Waals surface area (Å²) in [5, 5.41) is 2.40. The molecule has 2 fully saturated rings. The minimum atomic E-state index is -0.436. The third-order valence-corrected chi connectivity index (χ3v) is 7.93. The number of nitrogens with zero attached hydrogens (tertiary/aromatic N) is 3. The first-order valence-electron chi connectivity index (χ1n) is 10.9. The lowest BCUT2D eigenvalue weighted by Crippen LogP contribution is -2.53. The van der Waals surface area contributed by atoms with Gasteiger partial charge in [-0.05, 0) is 43.1 Å². The Morgan fingerprint density at radius 2 is 1.91 bits per heavy atom. The molecule has 0 atom stereocenters. The Morgan fingerprint density at radius 3 is 2.62 bits per heavy atom. The Labute approximate surface area is 195 Å². The molecule has 0 unspecified atom stereocenters. The monoisotopic (exact) mass is 465 g/mol. The molecule has 0 saturated carbocycles. The third-order valence-electron chi connectivity index (χ3n) is 6.41. The Bertz CT molecular complexity index is 1270. The van der Waals surface area contributed by atoms with E-state index in [1.54, 1.807) is 17.5 Å². The number of halogens is 1. The fourth-order valence-electron chi connectivity index (χ4n) is 4.50. The number of ether oxygens (including phenoxy) is 1. The number of H-pyrrole nitrogens is 1. The van der Waals surface area contributed by atoms with Crippen LogP contribution in [0.2, 0.25) is 5.02 Å². The molecule has 0 aliphatic carbocycles. The van der Waals surface area contributed by atoms with Gasteiger partial charge in [0.1, 0.15) is 10.7 Å². The van der Waals surface area contributed by atoms with E-state index >= 15 is 0 Å². The van der Waals surface area contributed by atoms with Crippen LogP contribution in [-0.4, -0.2) is 46.2 Å². The topological polar surface area (TPSA) is 80.1 Å². The van der Waals surface area contributed by atoms with Crippen LogP contribution in [0.4, 0.5) is 0 Å². The van der Waals surface area contributed by atoms with E-state index in [1.165, 1.54) is 31.5 Å². The maximum atomic E-state index is 6.60. The number of thiazole rings is 1. The van der Waals surface area contributed by atoms with Crippen LogP contribution in [0.5, 0.6) is 0 Å².